The van der Waals surface area contributed by atoms with E-state index in [0.29, 0.717) is 12.2 Å². The van der Waals surface area contributed by atoms with Crippen LogP contribution in [-0.4, -0.2) is 28.0 Å². The highest BCUT2D eigenvalue weighted by atomic mass is 79.9. The summed E-state index contributed by atoms with van der Waals surface area (Å²) in [5.74, 6) is 0.0302. The Balaban J connectivity index is 2.09. The summed E-state index contributed by atoms with van der Waals surface area (Å²) in [5, 5.41) is 11.8. The zero-order valence-electron chi connectivity index (χ0n) is 11.7. The number of hydrogen-bond acceptors (Lipinski definition) is 4. The van der Waals surface area contributed by atoms with Crippen LogP contribution in [0, 0.1) is 0 Å². The highest BCUT2D eigenvalue weighted by Crippen LogP contribution is 2.14. The fraction of sp³-hybridized carbons (Fsp3) is 0.200. The highest BCUT2D eigenvalue weighted by molar-refractivity contribution is 9.10. The van der Waals surface area contributed by atoms with Crippen LogP contribution in [0.4, 0.5) is 0 Å². The Hall–Kier alpha value is -1.92. The summed E-state index contributed by atoms with van der Waals surface area (Å²) < 4.78 is 1.07. The molecule has 0 saturated heterocycles. The third-order valence-corrected chi connectivity index (χ3v) is 3.58. The minimum Gasteiger partial charge on any atom is -0.409 e. The highest BCUT2D eigenvalue weighted by Gasteiger charge is 2.10. The number of pyridine rings is 1. The van der Waals surface area contributed by atoms with Gasteiger partial charge in [0.2, 0.25) is 0 Å². The van der Waals surface area contributed by atoms with Crippen LogP contribution in [0.2, 0.25) is 0 Å². The Bertz CT molecular complexity index is 628. The van der Waals surface area contributed by atoms with Crippen molar-refractivity contribution in [3.05, 3.63) is 63.9 Å². The molecular formula is C15H17BrN4O. The summed E-state index contributed by atoms with van der Waals surface area (Å²) in [4.78, 5) is 6.32. The molecule has 1 heterocycles. The molecule has 6 heteroatoms. The summed E-state index contributed by atoms with van der Waals surface area (Å²) in [6, 6.07) is 12.0. The van der Waals surface area contributed by atoms with Crippen molar-refractivity contribution in [1.82, 2.24) is 9.88 Å². The van der Waals surface area contributed by atoms with Crippen molar-refractivity contribution in [2.75, 3.05) is 7.05 Å². The number of nitrogens with two attached hydrogens (primary N) is 1. The standard InChI is InChI=1S/C15H17BrN4O/c1-20(9-11-4-6-13(16)7-5-11)10-12-3-2-8-18-14(12)15(17)19-21/h2-8,21H,9-10H2,1H3,(H2,17,19). The Labute approximate surface area is 132 Å². The van der Waals surface area contributed by atoms with E-state index in [1.165, 1.54) is 5.56 Å². The topological polar surface area (TPSA) is 74.7 Å². The molecule has 0 amide bonds. The van der Waals surface area contributed by atoms with Crippen LogP contribution in [-0.2, 0) is 13.1 Å². The number of aromatic nitrogens is 1. The SMILES string of the molecule is CN(Cc1ccc(Br)cc1)Cc1cccnc1C(N)=NO. The number of oxime groups is 1. The molecule has 3 N–H and O–H groups in total. The van der Waals surface area contributed by atoms with Gasteiger partial charge in [-0.15, -0.1) is 0 Å². The van der Waals surface area contributed by atoms with Crippen LogP contribution < -0.4 is 5.73 Å². The van der Waals surface area contributed by atoms with Crippen LogP contribution in [0.25, 0.3) is 0 Å². The summed E-state index contributed by atoms with van der Waals surface area (Å²) in [5.41, 5.74) is 8.31. The van der Waals surface area contributed by atoms with Gasteiger partial charge in [0.15, 0.2) is 5.84 Å². The molecule has 2 aromatic rings. The largest absolute Gasteiger partial charge is 0.409 e. The molecule has 1 aromatic carbocycles. The maximum absolute atomic E-state index is 8.81. The lowest BCUT2D eigenvalue weighted by Crippen LogP contribution is -2.22. The molecule has 0 fully saturated rings. The maximum atomic E-state index is 8.81. The van der Waals surface area contributed by atoms with E-state index in [9.17, 15) is 0 Å². The molecule has 0 saturated carbocycles. The average Bonchev–Trinajstić information content (AvgIpc) is 2.49. The van der Waals surface area contributed by atoms with E-state index in [1.54, 1.807) is 6.20 Å². The molecular weight excluding hydrogens is 332 g/mol. The molecule has 0 radical (unpaired) electrons. The quantitative estimate of drug-likeness (QED) is 0.377. The monoisotopic (exact) mass is 348 g/mol. The van der Waals surface area contributed by atoms with E-state index < -0.39 is 0 Å². The van der Waals surface area contributed by atoms with Crippen LogP contribution in [0.3, 0.4) is 0 Å². The maximum Gasteiger partial charge on any atom is 0.189 e. The van der Waals surface area contributed by atoms with Crippen LogP contribution in [0.1, 0.15) is 16.8 Å². The van der Waals surface area contributed by atoms with Gasteiger partial charge in [-0.3, -0.25) is 9.88 Å². The number of nitrogens with zero attached hydrogens (tertiary/aromatic N) is 3. The molecule has 0 unspecified atom stereocenters. The van der Waals surface area contributed by atoms with Gasteiger partial charge < -0.3 is 10.9 Å². The first-order valence-corrected chi connectivity index (χ1v) is 7.24. The summed E-state index contributed by atoms with van der Waals surface area (Å²) in [7, 11) is 2.02. The molecule has 2 rings (SSSR count). The normalized spacial score (nSPS) is 11.9. The van der Waals surface area contributed by atoms with Crippen molar-refractivity contribution in [3.8, 4) is 0 Å². The molecule has 0 aliphatic carbocycles. The predicted octanol–water partition coefficient (Wildman–Crippen LogP) is 2.57. The van der Waals surface area contributed by atoms with Gasteiger partial charge >= 0.3 is 0 Å². The second-order valence-corrected chi connectivity index (χ2v) is 5.71. The Morgan fingerprint density at radius 1 is 1.29 bits per heavy atom. The van der Waals surface area contributed by atoms with Gasteiger partial charge in [0.1, 0.15) is 5.69 Å². The minimum absolute atomic E-state index is 0.0302. The lowest BCUT2D eigenvalue weighted by Gasteiger charge is -2.18. The summed E-state index contributed by atoms with van der Waals surface area (Å²) >= 11 is 3.43. The first kappa shape index (κ1) is 15.5. The third kappa shape index (κ3) is 4.27. The van der Waals surface area contributed by atoms with E-state index >= 15 is 0 Å². The van der Waals surface area contributed by atoms with Gasteiger partial charge in [0.25, 0.3) is 0 Å². The van der Waals surface area contributed by atoms with Crippen molar-refractivity contribution >= 4 is 21.8 Å². The second kappa shape index (κ2) is 7.19. The van der Waals surface area contributed by atoms with Gasteiger partial charge in [-0.25, -0.2) is 0 Å². The molecule has 5 nitrogen and oxygen atoms in total. The second-order valence-electron chi connectivity index (χ2n) is 4.80. The third-order valence-electron chi connectivity index (χ3n) is 3.05. The summed E-state index contributed by atoms with van der Waals surface area (Å²) in [6.07, 6.45) is 1.63. The van der Waals surface area contributed by atoms with E-state index in [-0.39, 0.29) is 5.84 Å². The Kier molecular flexibility index (Phi) is 5.30. The van der Waals surface area contributed by atoms with Gasteiger partial charge in [0.05, 0.1) is 0 Å². The average molecular weight is 349 g/mol. The van der Waals surface area contributed by atoms with Crippen LogP contribution >= 0.6 is 15.9 Å². The lowest BCUT2D eigenvalue weighted by molar-refractivity contribution is 0.314. The first-order valence-electron chi connectivity index (χ1n) is 6.45. The number of halogens is 1. The van der Waals surface area contributed by atoms with Crippen LogP contribution in [0.5, 0.6) is 0 Å². The van der Waals surface area contributed by atoms with Gasteiger partial charge in [-0.2, -0.15) is 0 Å². The predicted molar refractivity (Wildman–Crippen MR) is 86.1 cm³/mol. The van der Waals surface area contributed by atoms with E-state index in [1.807, 2.05) is 31.3 Å². The Morgan fingerprint density at radius 2 is 2.00 bits per heavy atom. The van der Waals surface area contributed by atoms with Crippen molar-refractivity contribution in [2.45, 2.75) is 13.1 Å². The van der Waals surface area contributed by atoms with Crippen molar-refractivity contribution in [2.24, 2.45) is 10.9 Å². The fourth-order valence-electron chi connectivity index (χ4n) is 2.09. The van der Waals surface area contributed by atoms with Crippen molar-refractivity contribution < 1.29 is 5.21 Å². The minimum atomic E-state index is 0.0302. The molecule has 0 aliphatic rings. The number of amidine groups is 1. The molecule has 1 aromatic heterocycles. The molecule has 0 bridgehead atoms. The molecule has 21 heavy (non-hydrogen) atoms. The molecule has 110 valence electrons. The van der Waals surface area contributed by atoms with E-state index in [0.717, 1.165) is 16.6 Å². The van der Waals surface area contributed by atoms with Gasteiger partial charge in [-0.05, 0) is 36.4 Å². The Morgan fingerprint density at radius 3 is 2.67 bits per heavy atom. The molecule has 0 spiro atoms. The van der Waals surface area contributed by atoms with E-state index in [2.05, 4.69) is 43.1 Å². The molecule has 0 aliphatic heterocycles. The zero-order chi connectivity index (χ0) is 15.2. The fourth-order valence-corrected chi connectivity index (χ4v) is 2.36. The summed E-state index contributed by atoms with van der Waals surface area (Å²) in [6.45, 7) is 1.47. The smallest absolute Gasteiger partial charge is 0.189 e. The van der Waals surface area contributed by atoms with Gasteiger partial charge in [-0.1, -0.05) is 39.3 Å². The van der Waals surface area contributed by atoms with Crippen molar-refractivity contribution in [1.29, 1.82) is 0 Å². The first-order chi connectivity index (χ1) is 10.1. The van der Waals surface area contributed by atoms with Gasteiger partial charge in [0, 0.05) is 23.8 Å². The number of rotatable bonds is 5. The zero-order valence-corrected chi connectivity index (χ0v) is 13.3. The van der Waals surface area contributed by atoms with E-state index in [4.69, 9.17) is 10.9 Å². The van der Waals surface area contributed by atoms with Crippen LogP contribution in [0.15, 0.2) is 52.2 Å². The number of hydrogen-bond donors (Lipinski definition) is 2. The van der Waals surface area contributed by atoms with Crippen molar-refractivity contribution in [3.63, 3.8) is 0 Å². The lowest BCUT2D eigenvalue weighted by atomic mass is 10.1. The molecule has 0 atom stereocenters. The number of benzene rings is 1.